The fourth-order valence-corrected chi connectivity index (χ4v) is 5.56. The van der Waals surface area contributed by atoms with Crippen molar-refractivity contribution in [1.29, 1.82) is 0 Å². The highest BCUT2D eigenvalue weighted by molar-refractivity contribution is 7.89. The molecule has 1 fully saturated rings. The SMILES string of the molecule is Cc1c(S(=O)(=O)N2CCC(c3cn4ncnc4cc3C(=O)N(C)C)CC2)cnn1C. The van der Waals surface area contributed by atoms with Gasteiger partial charge in [0, 0.05) is 46.0 Å². The first kappa shape index (κ1) is 20.5. The zero-order valence-corrected chi connectivity index (χ0v) is 18.3. The van der Waals surface area contributed by atoms with E-state index in [1.165, 1.54) is 21.7 Å². The topological polar surface area (TPSA) is 106 Å². The largest absolute Gasteiger partial charge is 0.345 e. The van der Waals surface area contributed by atoms with Gasteiger partial charge in [0.15, 0.2) is 5.65 Å². The molecule has 10 nitrogen and oxygen atoms in total. The van der Waals surface area contributed by atoms with Crippen molar-refractivity contribution in [3.05, 3.63) is 41.6 Å². The number of aromatic nitrogens is 5. The first-order valence-electron chi connectivity index (χ1n) is 9.74. The molecule has 3 aromatic heterocycles. The summed E-state index contributed by atoms with van der Waals surface area (Å²) in [6.07, 6.45) is 5.94. The number of nitrogens with zero attached hydrogens (tertiary/aromatic N) is 7. The smallest absolute Gasteiger partial charge is 0.253 e. The van der Waals surface area contributed by atoms with Crippen LogP contribution in [0.4, 0.5) is 0 Å². The van der Waals surface area contributed by atoms with Crippen molar-refractivity contribution in [1.82, 2.24) is 33.6 Å². The highest BCUT2D eigenvalue weighted by atomic mass is 32.2. The molecule has 0 aromatic carbocycles. The van der Waals surface area contributed by atoms with Crippen molar-refractivity contribution >= 4 is 21.6 Å². The fourth-order valence-electron chi connectivity index (χ4n) is 3.90. The molecular weight excluding hydrogens is 406 g/mol. The summed E-state index contributed by atoms with van der Waals surface area (Å²) in [5, 5.41) is 8.25. The van der Waals surface area contributed by atoms with Crippen LogP contribution in [0.2, 0.25) is 0 Å². The van der Waals surface area contributed by atoms with E-state index in [9.17, 15) is 13.2 Å². The van der Waals surface area contributed by atoms with Gasteiger partial charge in [-0.1, -0.05) is 0 Å². The molecule has 11 heteroatoms. The lowest BCUT2D eigenvalue weighted by Gasteiger charge is -2.32. The summed E-state index contributed by atoms with van der Waals surface area (Å²) in [7, 11) is 1.56. The van der Waals surface area contributed by atoms with Gasteiger partial charge in [-0.2, -0.15) is 14.5 Å². The number of rotatable bonds is 4. The highest BCUT2D eigenvalue weighted by Crippen LogP contribution is 2.33. The van der Waals surface area contributed by atoms with Crippen molar-refractivity contribution in [2.45, 2.75) is 30.6 Å². The molecule has 1 aliphatic heterocycles. The van der Waals surface area contributed by atoms with E-state index in [1.54, 1.807) is 43.3 Å². The number of carbonyl (C=O) groups is 1. The Morgan fingerprint density at radius 1 is 1.20 bits per heavy atom. The third-order valence-electron chi connectivity index (χ3n) is 5.78. The average molecular weight is 432 g/mol. The third-order valence-corrected chi connectivity index (χ3v) is 7.79. The van der Waals surface area contributed by atoms with Gasteiger partial charge >= 0.3 is 0 Å². The molecule has 0 atom stereocenters. The number of pyridine rings is 1. The van der Waals surface area contributed by atoms with Gasteiger partial charge in [-0.3, -0.25) is 9.48 Å². The Morgan fingerprint density at radius 3 is 2.50 bits per heavy atom. The zero-order chi connectivity index (χ0) is 21.6. The molecule has 0 spiro atoms. The second-order valence-corrected chi connectivity index (χ2v) is 9.71. The van der Waals surface area contributed by atoms with Gasteiger partial charge < -0.3 is 4.90 Å². The van der Waals surface area contributed by atoms with Crippen LogP contribution in [0.5, 0.6) is 0 Å². The Hall–Kier alpha value is -2.79. The second kappa shape index (κ2) is 7.47. The molecule has 0 bridgehead atoms. The van der Waals surface area contributed by atoms with Gasteiger partial charge in [-0.25, -0.2) is 17.9 Å². The van der Waals surface area contributed by atoms with Gasteiger partial charge in [0.2, 0.25) is 10.0 Å². The molecule has 4 heterocycles. The maximum absolute atomic E-state index is 13.1. The van der Waals surface area contributed by atoms with Crippen molar-refractivity contribution in [3.8, 4) is 0 Å². The minimum Gasteiger partial charge on any atom is -0.345 e. The molecule has 30 heavy (non-hydrogen) atoms. The molecule has 0 saturated carbocycles. The third kappa shape index (κ3) is 3.37. The van der Waals surface area contributed by atoms with Crippen LogP contribution in [0.3, 0.4) is 0 Å². The quantitative estimate of drug-likeness (QED) is 0.611. The van der Waals surface area contributed by atoms with Crippen LogP contribution in [0, 0.1) is 6.92 Å². The van der Waals surface area contributed by atoms with Crippen LogP contribution in [-0.2, 0) is 17.1 Å². The number of hydrogen-bond acceptors (Lipinski definition) is 6. The number of carbonyl (C=O) groups excluding carboxylic acids is 1. The van der Waals surface area contributed by atoms with Crippen LogP contribution in [0.25, 0.3) is 5.65 Å². The molecule has 3 aromatic rings. The molecule has 0 N–H and O–H groups in total. The molecule has 0 aliphatic carbocycles. The highest BCUT2D eigenvalue weighted by Gasteiger charge is 2.33. The monoisotopic (exact) mass is 431 g/mol. The molecular formula is C19H25N7O3S. The van der Waals surface area contributed by atoms with E-state index in [1.807, 2.05) is 6.20 Å². The van der Waals surface area contributed by atoms with E-state index in [2.05, 4.69) is 15.2 Å². The minimum atomic E-state index is -3.60. The number of piperidine rings is 1. The first-order chi connectivity index (χ1) is 14.2. The molecule has 1 amide bonds. The van der Waals surface area contributed by atoms with E-state index >= 15 is 0 Å². The molecule has 1 saturated heterocycles. The van der Waals surface area contributed by atoms with Gasteiger partial charge in [0.1, 0.15) is 11.2 Å². The summed E-state index contributed by atoms with van der Waals surface area (Å²) in [4.78, 5) is 18.7. The number of sulfonamides is 1. The number of amides is 1. The first-order valence-corrected chi connectivity index (χ1v) is 11.2. The minimum absolute atomic E-state index is 0.0546. The Bertz CT molecular complexity index is 1200. The average Bonchev–Trinajstić information content (AvgIpc) is 3.32. The predicted octanol–water partition coefficient (Wildman–Crippen LogP) is 1.04. The maximum Gasteiger partial charge on any atom is 0.253 e. The Balaban J connectivity index is 1.61. The Morgan fingerprint density at radius 2 is 1.90 bits per heavy atom. The van der Waals surface area contributed by atoms with Gasteiger partial charge in [-0.05, 0) is 37.3 Å². The van der Waals surface area contributed by atoms with E-state index in [0.717, 1.165) is 5.56 Å². The lowest BCUT2D eigenvalue weighted by molar-refractivity contribution is 0.0825. The van der Waals surface area contributed by atoms with Gasteiger partial charge in [0.05, 0.1) is 11.9 Å². The fraction of sp³-hybridized carbons (Fsp3) is 0.474. The van der Waals surface area contributed by atoms with Crippen LogP contribution in [-0.4, -0.2) is 75.1 Å². The predicted molar refractivity (Wildman–Crippen MR) is 110 cm³/mol. The number of aryl methyl sites for hydroxylation is 1. The summed E-state index contributed by atoms with van der Waals surface area (Å²) in [6.45, 7) is 2.51. The number of hydrogen-bond donors (Lipinski definition) is 0. The van der Waals surface area contributed by atoms with E-state index in [-0.39, 0.29) is 16.7 Å². The summed E-state index contributed by atoms with van der Waals surface area (Å²) in [5.41, 5.74) is 2.69. The molecule has 1 aliphatic rings. The van der Waals surface area contributed by atoms with Crippen LogP contribution in [0.1, 0.15) is 40.4 Å². The Labute approximate surface area is 175 Å². The molecule has 0 unspecified atom stereocenters. The van der Waals surface area contributed by atoms with E-state index < -0.39 is 10.0 Å². The van der Waals surface area contributed by atoms with Gasteiger partial charge in [-0.15, -0.1) is 0 Å². The van der Waals surface area contributed by atoms with Crippen molar-refractivity contribution < 1.29 is 13.2 Å². The second-order valence-electron chi connectivity index (χ2n) is 7.80. The summed E-state index contributed by atoms with van der Waals surface area (Å²) < 4.78 is 30.8. The van der Waals surface area contributed by atoms with E-state index in [0.29, 0.717) is 42.8 Å². The normalized spacial score (nSPS) is 16.3. The van der Waals surface area contributed by atoms with Crippen molar-refractivity contribution in [3.63, 3.8) is 0 Å². The molecule has 4 rings (SSSR count). The van der Waals surface area contributed by atoms with Crippen LogP contribution < -0.4 is 0 Å². The summed E-state index contributed by atoms with van der Waals surface area (Å²) >= 11 is 0. The van der Waals surface area contributed by atoms with Crippen molar-refractivity contribution in [2.75, 3.05) is 27.2 Å². The van der Waals surface area contributed by atoms with Crippen molar-refractivity contribution in [2.24, 2.45) is 7.05 Å². The zero-order valence-electron chi connectivity index (χ0n) is 17.5. The summed E-state index contributed by atoms with van der Waals surface area (Å²) in [5.74, 6) is -0.0459. The van der Waals surface area contributed by atoms with Crippen LogP contribution in [0.15, 0.2) is 29.7 Å². The van der Waals surface area contributed by atoms with Gasteiger partial charge in [0.25, 0.3) is 5.91 Å². The summed E-state index contributed by atoms with van der Waals surface area (Å²) in [6, 6.07) is 1.76. The molecule has 160 valence electrons. The Kier molecular flexibility index (Phi) is 5.10. The lowest BCUT2D eigenvalue weighted by Crippen LogP contribution is -2.38. The van der Waals surface area contributed by atoms with E-state index in [4.69, 9.17) is 0 Å². The maximum atomic E-state index is 13.1. The standard InChI is InChI=1S/C19H25N7O3S/c1-13-17(10-21-24(13)4)30(28,29)25-7-5-14(6-8-25)16-11-26-18(20-12-22-26)9-15(16)19(27)23(2)3/h9-12,14H,5-8H2,1-4H3. The molecule has 0 radical (unpaired) electrons. The number of fused-ring (bicyclic) bond motifs is 1. The van der Waals surface area contributed by atoms with Crippen LogP contribution >= 0.6 is 0 Å². The lowest BCUT2D eigenvalue weighted by atomic mass is 9.88.